The Hall–Kier alpha value is -0.410. The second kappa shape index (κ2) is 7.90. The van der Waals surface area contributed by atoms with E-state index in [1.165, 1.54) is 6.42 Å². The van der Waals surface area contributed by atoms with Crippen molar-refractivity contribution in [2.45, 2.75) is 46.1 Å². The molecule has 3 heteroatoms. The number of likely N-dealkylation sites (N-methyl/N-ethyl adjacent to an activating group) is 1. The zero-order valence-corrected chi connectivity index (χ0v) is 13.1. The van der Waals surface area contributed by atoms with Gasteiger partial charge in [-0.2, -0.15) is 0 Å². The Morgan fingerprint density at radius 2 is 2.06 bits per heavy atom. The Balaban J connectivity index is 2.69. The molecule has 0 amide bonds. The third-order valence-corrected chi connectivity index (χ3v) is 3.85. The lowest BCUT2D eigenvalue weighted by Gasteiger charge is -2.21. The average Bonchev–Trinajstić information content (AvgIpc) is 2.32. The second-order valence-corrected chi connectivity index (χ2v) is 5.86. The maximum absolute atomic E-state index is 13.8. The van der Waals surface area contributed by atoms with Crippen LogP contribution in [0.4, 0.5) is 4.39 Å². The van der Waals surface area contributed by atoms with Gasteiger partial charge in [-0.3, -0.25) is 0 Å². The van der Waals surface area contributed by atoms with Gasteiger partial charge >= 0.3 is 0 Å². The maximum atomic E-state index is 13.8. The zero-order chi connectivity index (χ0) is 13.5. The van der Waals surface area contributed by atoms with E-state index >= 15 is 0 Å². The van der Waals surface area contributed by atoms with Crippen molar-refractivity contribution in [3.8, 4) is 0 Å². The summed E-state index contributed by atoms with van der Waals surface area (Å²) in [4.78, 5) is 0. The van der Waals surface area contributed by atoms with Crippen LogP contribution in [-0.2, 0) is 6.42 Å². The summed E-state index contributed by atoms with van der Waals surface area (Å²) < 4.78 is 14.6. The maximum Gasteiger partial charge on any atom is 0.127 e. The van der Waals surface area contributed by atoms with E-state index in [-0.39, 0.29) is 5.82 Å². The Labute approximate surface area is 118 Å². The molecule has 0 spiro atoms. The summed E-state index contributed by atoms with van der Waals surface area (Å²) in [7, 11) is 0. The molecule has 0 aliphatic heterocycles. The topological polar surface area (TPSA) is 12.0 Å². The Bertz CT molecular complexity index is 368. The molecule has 0 bridgehead atoms. The highest BCUT2D eigenvalue weighted by atomic mass is 79.9. The number of benzene rings is 1. The molecule has 1 N–H and O–H groups in total. The molecule has 1 aromatic rings. The number of halogens is 2. The molecule has 0 aromatic heterocycles. The molecule has 2 atom stereocenters. The fraction of sp³-hybridized carbons (Fsp3) is 0.600. The van der Waals surface area contributed by atoms with Crippen LogP contribution in [0.3, 0.4) is 0 Å². The lowest BCUT2D eigenvalue weighted by Crippen LogP contribution is -2.32. The summed E-state index contributed by atoms with van der Waals surface area (Å²) in [6.45, 7) is 7.48. The average molecular weight is 316 g/mol. The van der Waals surface area contributed by atoms with Crippen LogP contribution in [0.25, 0.3) is 0 Å². The molecule has 0 aliphatic carbocycles. The number of nitrogens with one attached hydrogen (secondary N) is 1. The first kappa shape index (κ1) is 15.6. The molecule has 0 radical (unpaired) electrons. The molecule has 1 aromatic carbocycles. The van der Waals surface area contributed by atoms with Crippen molar-refractivity contribution in [3.63, 3.8) is 0 Å². The smallest absolute Gasteiger partial charge is 0.127 e. The van der Waals surface area contributed by atoms with Crippen LogP contribution in [0.15, 0.2) is 22.7 Å². The van der Waals surface area contributed by atoms with Crippen LogP contribution in [-0.4, -0.2) is 12.6 Å². The zero-order valence-electron chi connectivity index (χ0n) is 11.5. The number of hydrogen-bond donors (Lipinski definition) is 1. The van der Waals surface area contributed by atoms with Gasteiger partial charge in [-0.1, -0.05) is 49.2 Å². The lowest BCUT2D eigenvalue weighted by molar-refractivity contribution is 0.393. The third kappa shape index (κ3) is 5.07. The van der Waals surface area contributed by atoms with E-state index in [0.29, 0.717) is 12.0 Å². The largest absolute Gasteiger partial charge is 0.314 e. The van der Waals surface area contributed by atoms with Crippen molar-refractivity contribution < 1.29 is 4.39 Å². The molecule has 102 valence electrons. The van der Waals surface area contributed by atoms with Crippen molar-refractivity contribution >= 4 is 15.9 Å². The van der Waals surface area contributed by atoms with Gasteiger partial charge in [-0.05, 0) is 43.0 Å². The standard InChI is InChI=1S/C15H23BrFN/c1-4-11(3)8-14(18-5-2)9-12-6-7-13(16)10-15(12)17/h6-7,10-11,14,18H,4-5,8-9H2,1-3H3. The molecule has 0 heterocycles. The van der Waals surface area contributed by atoms with Gasteiger partial charge in [0.05, 0.1) is 0 Å². The van der Waals surface area contributed by atoms with Crippen molar-refractivity contribution in [2.24, 2.45) is 5.92 Å². The molecule has 0 saturated carbocycles. The normalized spacial score (nSPS) is 14.5. The third-order valence-electron chi connectivity index (χ3n) is 3.36. The van der Waals surface area contributed by atoms with E-state index in [4.69, 9.17) is 0 Å². The highest BCUT2D eigenvalue weighted by molar-refractivity contribution is 9.10. The highest BCUT2D eigenvalue weighted by Crippen LogP contribution is 2.19. The van der Waals surface area contributed by atoms with Gasteiger partial charge in [0.1, 0.15) is 5.82 Å². The molecule has 1 nitrogen and oxygen atoms in total. The Morgan fingerprint density at radius 1 is 1.33 bits per heavy atom. The molecule has 1 rings (SSSR count). The van der Waals surface area contributed by atoms with Crippen LogP contribution in [0.1, 0.15) is 39.2 Å². The van der Waals surface area contributed by atoms with Gasteiger partial charge in [0, 0.05) is 10.5 Å². The van der Waals surface area contributed by atoms with E-state index in [0.717, 1.165) is 29.4 Å². The van der Waals surface area contributed by atoms with Gasteiger partial charge in [-0.15, -0.1) is 0 Å². The van der Waals surface area contributed by atoms with E-state index < -0.39 is 0 Å². The van der Waals surface area contributed by atoms with Crippen molar-refractivity contribution in [1.82, 2.24) is 5.32 Å². The predicted molar refractivity (Wildman–Crippen MR) is 79.3 cm³/mol. The quantitative estimate of drug-likeness (QED) is 0.778. The SMILES string of the molecule is CCNC(Cc1ccc(Br)cc1F)CC(C)CC. The van der Waals surface area contributed by atoms with Gasteiger partial charge in [0.25, 0.3) is 0 Å². The first-order chi connectivity index (χ1) is 8.56. The number of rotatable bonds is 7. The molecule has 0 saturated heterocycles. The summed E-state index contributed by atoms with van der Waals surface area (Å²) >= 11 is 3.29. The van der Waals surface area contributed by atoms with E-state index in [1.807, 2.05) is 12.1 Å². The Morgan fingerprint density at radius 3 is 2.61 bits per heavy atom. The van der Waals surface area contributed by atoms with Crippen molar-refractivity contribution in [2.75, 3.05) is 6.54 Å². The summed E-state index contributed by atoms with van der Waals surface area (Å²) in [5.41, 5.74) is 0.799. The summed E-state index contributed by atoms with van der Waals surface area (Å²) in [5, 5.41) is 3.46. The first-order valence-corrected chi connectivity index (χ1v) is 7.53. The van der Waals surface area contributed by atoms with E-state index in [1.54, 1.807) is 6.07 Å². The lowest BCUT2D eigenvalue weighted by atomic mass is 9.94. The minimum atomic E-state index is -0.114. The van der Waals surface area contributed by atoms with Crippen LogP contribution in [0, 0.1) is 11.7 Å². The molecule has 0 aliphatic rings. The van der Waals surface area contributed by atoms with Crippen LogP contribution >= 0.6 is 15.9 Å². The first-order valence-electron chi connectivity index (χ1n) is 6.74. The van der Waals surface area contributed by atoms with Crippen LogP contribution in [0.2, 0.25) is 0 Å². The van der Waals surface area contributed by atoms with Crippen molar-refractivity contribution in [3.05, 3.63) is 34.1 Å². The molecule has 0 fully saturated rings. The predicted octanol–water partition coefficient (Wildman–Crippen LogP) is 4.55. The fourth-order valence-electron chi connectivity index (χ4n) is 2.13. The second-order valence-electron chi connectivity index (χ2n) is 4.94. The molecular weight excluding hydrogens is 293 g/mol. The van der Waals surface area contributed by atoms with Gasteiger partial charge in [-0.25, -0.2) is 4.39 Å². The van der Waals surface area contributed by atoms with E-state index in [2.05, 4.69) is 42.0 Å². The van der Waals surface area contributed by atoms with Gasteiger partial charge < -0.3 is 5.32 Å². The fourth-order valence-corrected chi connectivity index (χ4v) is 2.47. The summed E-state index contributed by atoms with van der Waals surface area (Å²) in [6, 6.07) is 5.69. The molecule has 2 unspecified atom stereocenters. The van der Waals surface area contributed by atoms with Crippen LogP contribution < -0.4 is 5.32 Å². The summed E-state index contributed by atoms with van der Waals surface area (Å²) in [5.74, 6) is 0.559. The minimum absolute atomic E-state index is 0.114. The monoisotopic (exact) mass is 315 g/mol. The van der Waals surface area contributed by atoms with Gasteiger partial charge in [0.2, 0.25) is 0 Å². The summed E-state index contributed by atoms with van der Waals surface area (Å²) in [6.07, 6.45) is 3.03. The van der Waals surface area contributed by atoms with Crippen LogP contribution in [0.5, 0.6) is 0 Å². The van der Waals surface area contributed by atoms with E-state index in [9.17, 15) is 4.39 Å². The number of hydrogen-bond acceptors (Lipinski definition) is 1. The van der Waals surface area contributed by atoms with Gasteiger partial charge in [0.15, 0.2) is 0 Å². The molecule has 18 heavy (non-hydrogen) atoms. The highest BCUT2D eigenvalue weighted by Gasteiger charge is 2.14. The minimum Gasteiger partial charge on any atom is -0.314 e. The van der Waals surface area contributed by atoms with Crippen molar-refractivity contribution in [1.29, 1.82) is 0 Å². The Kier molecular flexibility index (Phi) is 6.87. The molecular formula is C15H23BrFN.